The fourth-order valence-electron chi connectivity index (χ4n) is 1.28. The lowest BCUT2D eigenvalue weighted by Crippen LogP contribution is -2.31. The van der Waals surface area contributed by atoms with Crippen molar-refractivity contribution in [3.05, 3.63) is 5.28 Å². The Bertz CT molecular complexity index is 448. The molecule has 1 amide bonds. The third-order valence-electron chi connectivity index (χ3n) is 2.35. The molecule has 1 aromatic rings. The number of amides is 1. The number of carbonyl (C=O) groups excluding carboxylic acids is 1. The predicted octanol–water partition coefficient (Wildman–Crippen LogP) is 0.281. The Balaban J connectivity index is 1.93. The minimum Gasteiger partial charge on any atom is -0.352 e. The molecule has 2 N–H and O–H groups in total. The van der Waals surface area contributed by atoms with Gasteiger partial charge in [-0.25, -0.2) is 0 Å². The molecule has 0 unspecified atom stereocenters. The van der Waals surface area contributed by atoms with E-state index in [4.69, 9.17) is 11.6 Å². The van der Waals surface area contributed by atoms with E-state index >= 15 is 0 Å². The summed E-state index contributed by atoms with van der Waals surface area (Å²) in [6.45, 7) is 0.129. The molecule has 0 saturated heterocycles. The number of nitrogens with zero attached hydrogens (tertiary/aromatic N) is 4. The summed E-state index contributed by atoms with van der Waals surface area (Å²) < 4.78 is 0. The van der Waals surface area contributed by atoms with Gasteiger partial charge in [-0.2, -0.15) is 15.0 Å². The molecule has 0 bridgehead atoms. The Morgan fingerprint density at radius 2 is 2.11 bits per heavy atom. The summed E-state index contributed by atoms with van der Waals surface area (Å²) >= 11 is 5.77. The van der Waals surface area contributed by atoms with Crippen LogP contribution in [0.3, 0.4) is 0 Å². The zero-order valence-electron chi connectivity index (χ0n) is 10.3. The van der Waals surface area contributed by atoms with Crippen molar-refractivity contribution in [1.82, 2.24) is 20.3 Å². The van der Waals surface area contributed by atoms with Crippen molar-refractivity contribution in [2.75, 3.05) is 30.9 Å². The van der Waals surface area contributed by atoms with Crippen LogP contribution in [0.2, 0.25) is 5.28 Å². The molecule has 8 heteroatoms. The highest BCUT2D eigenvalue weighted by molar-refractivity contribution is 6.28. The van der Waals surface area contributed by atoms with Gasteiger partial charge < -0.3 is 15.5 Å². The van der Waals surface area contributed by atoms with Gasteiger partial charge in [0.05, 0.1) is 6.54 Å². The zero-order chi connectivity index (χ0) is 13.1. The molecule has 7 nitrogen and oxygen atoms in total. The van der Waals surface area contributed by atoms with Crippen LogP contribution in [0, 0.1) is 0 Å². The van der Waals surface area contributed by atoms with Crippen LogP contribution in [0.15, 0.2) is 0 Å². The van der Waals surface area contributed by atoms with Crippen molar-refractivity contribution in [3.8, 4) is 0 Å². The van der Waals surface area contributed by atoms with Gasteiger partial charge in [-0.05, 0) is 24.4 Å². The lowest BCUT2D eigenvalue weighted by atomic mass is 10.5. The third-order valence-corrected chi connectivity index (χ3v) is 2.51. The first-order valence-corrected chi connectivity index (χ1v) is 6.04. The van der Waals surface area contributed by atoms with E-state index in [1.165, 1.54) is 0 Å². The van der Waals surface area contributed by atoms with E-state index in [2.05, 4.69) is 25.6 Å². The SMILES string of the molecule is CN(C)c1nc(Cl)nc(NCC(=O)NC2CC2)n1. The highest BCUT2D eigenvalue weighted by atomic mass is 35.5. The van der Waals surface area contributed by atoms with Crippen molar-refractivity contribution >= 4 is 29.4 Å². The summed E-state index contributed by atoms with van der Waals surface area (Å²) in [6.07, 6.45) is 2.13. The highest BCUT2D eigenvalue weighted by Crippen LogP contribution is 2.18. The van der Waals surface area contributed by atoms with Crippen LogP contribution in [-0.4, -0.2) is 47.5 Å². The van der Waals surface area contributed by atoms with Crippen LogP contribution < -0.4 is 15.5 Å². The van der Waals surface area contributed by atoms with E-state index in [1.807, 2.05) is 0 Å². The maximum Gasteiger partial charge on any atom is 0.239 e. The Morgan fingerprint density at radius 1 is 1.39 bits per heavy atom. The third kappa shape index (κ3) is 3.69. The molecule has 2 rings (SSSR count). The van der Waals surface area contributed by atoms with Gasteiger partial charge >= 0.3 is 0 Å². The number of carbonyl (C=O) groups is 1. The van der Waals surface area contributed by atoms with Gasteiger partial charge in [0, 0.05) is 20.1 Å². The molecule has 98 valence electrons. The molecule has 0 atom stereocenters. The number of aromatic nitrogens is 3. The van der Waals surface area contributed by atoms with Gasteiger partial charge in [0.1, 0.15) is 0 Å². The van der Waals surface area contributed by atoms with Crippen molar-refractivity contribution in [3.63, 3.8) is 0 Å². The number of rotatable bonds is 5. The summed E-state index contributed by atoms with van der Waals surface area (Å²) in [5, 5.41) is 5.78. The molecule has 0 spiro atoms. The fraction of sp³-hybridized carbons (Fsp3) is 0.600. The van der Waals surface area contributed by atoms with Gasteiger partial charge in [0.2, 0.25) is 23.1 Å². The molecule has 1 aromatic heterocycles. The second-order valence-corrected chi connectivity index (χ2v) is 4.66. The largest absolute Gasteiger partial charge is 0.352 e. The average Bonchev–Trinajstić information content (AvgIpc) is 3.09. The molecule has 1 saturated carbocycles. The highest BCUT2D eigenvalue weighted by Gasteiger charge is 2.23. The fourth-order valence-corrected chi connectivity index (χ4v) is 1.44. The smallest absolute Gasteiger partial charge is 0.239 e. The number of hydrogen-bond donors (Lipinski definition) is 2. The first-order chi connectivity index (χ1) is 8.54. The molecule has 18 heavy (non-hydrogen) atoms. The molecule has 1 heterocycles. The molecule has 1 fully saturated rings. The molecule has 1 aliphatic rings. The zero-order valence-corrected chi connectivity index (χ0v) is 11.0. The van der Waals surface area contributed by atoms with E-state index in [1.54, 1.807) is 19.0 Å². The molecular weight excluding hydrogens is 256 g/mol. The molecule has 0 aromatic carbocycles. The number of nitrogens with one attached hydrogen (secondary N) is 2. The van der Waals surface area contributed by atoms with Gasteiger partial charge in [0.25, 0.3) is 0 Å². The normalized spacial score (nSPS) is 14.2. The second kappa shape index (κ2) is 5.34. The maximum atomic E-state index is 11.5. The predicted molar refractivity (Wildman–Crippen MR) is 68.8 cm³/mol. The van der Waals surface area contributed by atoms with Crippen molar-refractivity contribution < 1.29 is 4.79 Å². The van der Waals surface area contributed by atoms with Crippen molar-refractivity contribution in [2.45, 2.75) is 18.9 Å². The molecule has 1 aliphatic carbocycles. The Hall–Kier alpha value is -1.63. The topological polar surface area (TPSA) is 83.0 Å². The van der Waals surface area contributed by atoms with Crippen LogP contribution >= 0.6 is 11.6 Å². The minimum absolute atomic E-state index is 0.0690. The summed E-state index contributed by atoms with van der Waals surface area (Å²) in [4.78, 5) is 25.2. The second-order valence-electron chi connectivity index (χ2n) is 4.32. The van der Waals surface area contributed by atoms with E-state index in [9.17, 15) is 4.79 Å². The summed E-state index contributed by atoms with van der Waals surface area (Å²) in [7, 11) is 3.60. The standard InChI is InChI=1S/C10H15ClN6O/c1-17(2)10-15-8(11)14-9(16-10)12-5-7(18)13-6-3-4-6/h6H,3-5H2,1-2H3,(H,13,18)(H,12,14,15,16). The molecule has 0 radical (unpaired) electrons. The van der Waals surface area contributed by atoms with Gasteiger partial charge in [-0.3, -0.25) is 4.79 Å². The monoisotopic (exact) mass is 270 g/mol. The first-order valence-electron chi connectivity index (χ1n) is 5.67. The number of anilines is 2. The summed E-state index contributed by atoms with van der Waals surface area (Å²) in [5.74, 6) is 0.671. The van der Waals surface area contributed by atoms with Crippen molar-refractivity contribution in [1.29, 1.82) is 0 Å². The van der Waals surface area contributed by atoms with Crippen LogP contribution in [0.4, 0.5) is 11.9 Å². The van der Waals surface area contributed by atoms with E-state index < -0.39 is 0 Å². The lowest BCUT2D eigenvalue weighted by Gasteiger charge is -2.11. The number of hydrogen-bond acceptors (Lipinski definition) is 6. The van der Waals surface area contributed by atoms with E-state index in [0.717, 1.165) is 12.8 Å². The van der Waals surface area contributed by atoms with E-state index in [0.29, 0.717) is 17.9 Å². The van der Waals surface area contributed by atoms with Gasteiger partial charge in [-0.15, -0.1) is 0 Å². The van der Waals surface area contributed by atoms with E-state index in [-0.39, 0.29) is 17.7 Å². The quantitative estimate of drug-likeness (QED) is 0.800. The summed E-state index contributed by atoms with van der Waals surface area (Å²) in [5.41, 5.74) is 0. The van der Waals surface area contributed by atoms with Crippen LogP contribution in [0.25, 0.3) is 0 Å². The van der Waals surface area contributed by atoms with Crippen LogP contribution in [0.1, 0.15) is 12.8 Å². The molecule has 0 aliphatic heterocycles. The minimum atomic E-state index is -0.0690. The lowest BCUT2D eigenvalue weighted by molar-refractivity contribution is -0.119. The van der Waals surface area contributed by atoms with Crippen LogP contribution in [-0.2, 0) is 4.79 Å². The Morgan fingerprint density at radius 3 is 2.72 bits per heavy atom. The van der Waals surface area contributed by atoms with Crippen molar-refractivity contribution in [2.24, 2.45) is 0 Å². The van der Waals surface area contributed by atoms with Gasteiger partial charge in [-0.1, -0.05) is 0 Å². The van der Waals surface area contributed by atoms with Gasteiger partial charge in [0.15, 0.2) is 0 Å². The number of halogens is 1. The Labute approximate surface area is 110 Å². The van der Waals surface area contributed by atoms with Crippen LogP contribution in [0.5, 0.6) is 0 Å². The average molecular weight is 271 g/mol. The maximum absolute atomic E-state index is 11.5. The Kier molecular flexibility index (Phi) is 3.81. The first kappa shape index (κ1) is 12.8. The summed E-state index contributed by atoms with van der Waals surface area (Å²) in [6, 6.07) is 0.346. The molecular formula is C10H15ClN6O.